The van der Waals surface area contributed by atoms with Gasteiger partial charge in [-0.05, 0) is 19.4 Å². The van der Waals surface area contributed by atoms with Crippen molar-refractivity contribution in [2.45, 2.75) is 31.7 Å². The van der Waals surface area contributed by atoms with Gasteiger partial charge in [-0.3, -0.25) is 4.79 Å². The van der Waals surface area contributed by atoms with Gasteiger partial charge in [0.15, 0.2) is 0 Å². The van der Waals surface area contributed by atoms with E-state index in [0.29, 0.717) is 31.9 Å². The van der Waals surface area contributed by atoms with Crippen LogP contribution >= 0.6 is 10.7 Å². The molecular formula is C13H21ClN2O4S. The predicted molar refractivity (Wildman–Crippen MR) is 81.2 cm³/mol. The highest BCUT2D eigenvalue weighted by molar-refractivity contribution is 8.13. The van der Waals surface area contributed by atoms with Crippen LogP contribution < -0.4 is 0 Å². The second kappa shape index (κ2) is 7.82. The molecule has 0 saturated carbocycles. The lowest BCUT2D eigenvalue weighted by molar-refractivity contribution is 0.0695. The second-order valence-corrected chi connectivity index (χ2v) is 7.14. The van der Waals surface area contributed by atoms with Gasteiger partial charge in [0.25, 0.3) is 15.0 Å². The second-order valence-electron chi connectivity index (χ2n) is 4.57. The molecule has 1 aromatic heterocycles. The van der Waals surface area contributed by atoms with Crippen molar-refractivity contribution in [2.75, 3.05) is 26.8 Å². The molecule has 0 aliphatic carbocycles. The predicted octanol–water partition coefficient (Wildman–Crippen LogP) is 1.93. The fourth-order valence-electron chi connectivity index (χ4n) is 1.99. The van der Waals surface area contributed by atoms with Crippen molar-refractivity contribution in [3.63, 3.8) is 0 Å². The van der Waals surface area contributed by atoms with Gasteiger partial charge in [0.05, 0.1) is 6.61 Å². The van der Waals surface area contributed by atoms with Gasteiger partial charge in [-0.25, -0.2) is 8.42 Å². The molecule has 0 atom stereocenters. The number of likely N-dealkylation sites (N-methyl/N-ethyl adjacent to an activating group) is 1. The normalized spacial score (nSPS) is 11.6. The van der Waals surface area contributed by atoms with Crippen molar-refractivity contribution in [1.82, 2.24) is 9.47 Å². The van der Waals surface area contributed by atoms with E-state index in [1.807, 2.05) is 13.8 Å². The molecule has 0 N–H and O–H groups in total. The molecule has 0 aromatic carbocycles. The van der Waals surface area contributed by atoms with Crippen molar-refractivity contribution in [1.29, 1.82) is 0 Å². The number of hydrogen-bond donors (Lipinski definition) is 0. The van der Waals surface area contributed by atoms with Crippen LogP contribution in [0.5, 0.6) is 0 Å². The molecule has 0 bridgehead atoms. The van der Waals surface area contributed by atoms with Crippen molar-refractivity contribution in [3.05, 3.63) is 18.0 Å². The van der Waals surface area contributed by atoms with Crippen LogP contribution in [0.25, 0.3) is 0 Å². The molecule has 1 amide bonds. The van der Waals surface area contributed by atoms with Gasteiger partial charge < -0.3 is 14.2 Å². The smallest absolute Gasteiger partial charge is 0.270 e. The van der Waals surface area contributed by atoms with Crippen molar-refractivity contribution in [3.8, 4) is 0 Å². The van der Waals surface area contributed by atoms with E-state index >= 15 is 0 Å². The molecule has 8 heteroatoms. The average Bonchev–Trinajstić information content (AvgIpc) is 2.84. The highest BCUT2D eigenvalue weighted by Gasteiger charge is 2.22. The SMILES string of the molecule is CCCn1cc(S(=O)(=O)Cl)cc1C(=O)N(CC)CCOC. The van der Waals surface area contributed by atoms with Crippen LogP contribution in [0.3, 0.4) is 0 Å². The molecule has 1 aromatic rings. The minimum absolute atomic E-state index is 0.0521. The van der Waals surface area contributed by atoms with E-state index in [4.69, 9.17) is 15.4 Å². The van der Waals surface area contributed by atoms with Gasteiger partial charge in [-0.1, -0.05) is 6.92 Å². The third-order valence-electron chi connectivity index (χ3n) is 3.07. The van der Waals surface area contributed by atoms with Crippen molar-refractivity contribution >= 4 is 25.6 Å². The first-order valence-electron chi connectivity index (χ1n) is 6.78. The molecule has 6 nitrogen and oxygen atoms in total. The zero-order chi connectivity index (χ0) is 16.0. The average molecular weight is 337 g/mol. The number of ether oxygens (including phenoxy) is 1. The lowest BCUT2D eigenvalue weighted by Gasteiger charge is -2.21. The van der Waals surface area contributed by atoms with Gasteiger partial charge in [-0.2, -0.15) is 0 Å². The molecule has 0 aliphatic rings. The first kappa shape index (κ1) is 18.0. The molecule has 1 heterocycles. The number of methoxy groups -OCH3 is 1. The van der Waals surface area contributed by atoms with Crippen LogP contribution in [0.1, 0.15) is 30.8 Å². The van der Waals surface area contributed by atoms with Crippen molar-refractivity contribution < 1.29 is 17.9 Å². The standard InChI is InChI=1S/C13H21ClN2O4S/c1-4-6-16-10-11(21(14,18)19)9-12(16)13(17)15(5-2)7-8-20-3/h9-10H,4-8H2,1-3H3. The first-order chi connectivity index (χ1) is 9.85. The van der Waals surface area contributed by atoms with Crippen LogP contribution in [0.2, 0.25) is 0 Å². The molecule has 0 unspecified atom stereocenters. The zero-order valence-electron chi connectivity index (χ0n) is 12.5. The maximum atomic E-state index is 12.5. The quantitative estimate of drug-likeness (QED) is 0.680. The van der Waals surface area contributed by atoms with E-state index in [9.17, 15) is 13.2 Å². The maximum absolute atomic E-state index is 12.5. The minimum Gasteiger partial charge on any atom is -0.383 e. The van der Waals surface area contributed by atoms with E-state index in [0.717, 1.165) is 6.42 Å². The molecule has 0 saturated heterocycles. The maximum Gasteiger partial charge on any atom is 0.270 e. The van der Waals surface area contributed by atoms with Crippen LogP contribution in [0.4, 0.5) is 0 Å². The number of amides is 1. The van der Waals surface area contributed by atoms with Crippen LogP contribution in [0.15, 0.2) is 17.2 Å². The monoisotopic (exact) mass is 336 g/mol. The third kappa shape index (κ3) is 4.72. The Kier molecular flexibility index (Phi) is 6.70. The lowest BCUT2D eigenvalue weighted by atomic mass is 10.3. The Bertz CT molecular complexity index is 583. The molecule has 0 fully saturated rings. The molecule has 0 radical (unpaired) electrons. The fraction of sp³-hybridized carbons (Fsp3) is 0.615. The number of hydrogen-bond acceptors (Lipinski definition) is 4. The Morgan fingerprint density at radius 1 is 1.43 bits per heavy atom. The number of aryl methyl sites for hydroxylation is 1. The number of nitrogens with zero attached hydrogens (tertiary/aromatic N) is 2. The molecule has 0 spiro atoms. The summed E-state index contributed by atoms with van der Waals surface area (Å²) in [5.41, 5.74) is 0.328. The Morgan fingerprint density at radius 2 is 2.10 bits per heavy atom. The van der Waals surface area contributed by atoms with E-state index in [1.165, 1.54) is 12.3 Å². The zero-order valence-corrected chi connectivity index (χ0v) is 14.1. The molecule has 1 rings (SSSR count). The number of carbonyl (C=O) groups is 1. The number of halogens is 1. The van der Waals surface area contributed by atoms with E-state index in [1.54, 1.807) is 16.6 Å². The number of rotatable bonds is 8. The van der Waals surface area contributed by atoms with E-state index in [-0.39, 0.29) is 10.8 Å². The van der Waals surface area contributed by atoms with Gasteiger partial charge in [0, 0.05) is 43.6 Å². The van der Waals surface area contributed by atoms with E-state index < -0.39 is 9.05 Å². The summed E-state index contributed by atoms with van der Waals surface area (Å²) in [6.45, 7) is 5.75. The van der Waals surface area contributed by atoms with Crippen LogP contribution in [-0.4, -0.2) is 50.6 Å². The van der Waals surface area contributed by atoms with Crippen LogP contribution in [0, 0.1) is 0 Å². The van der Waals surface area contributed by atoms with Crippen LogP contribution in [-0.2, 0) is 20.3 Å². The summed E-state index contributed by atoms with van der Waals surface area (Å²) >= 11 is 0. The molecule has 0 aliphatic heterocycles. The largest absolute Gasteiger partial charge is 0.383 e. The number of carbonyl (C=O) groups excluding carboxylic acids is 1. The summed E-state index contributed by atoms with van der Waals surface area (Å²) in [7, 11) is 3.08. The summed E-state index contributed by atoms with van der Waals surface area (Å²) in [5, 5.41) is 0. The molecular weight excluding hydrogens is 316 g/mol. The van der Waals surface area contributed by atoms with Gasteiger partial charge in [0.2, 0.25) is 0 Å². The number of aromatic nitrogens is 1. The highest BCUT2D eigenvalue weighted by atomic mass is 35.7. The Balaban J connectivity index is 3.14. The molecule has 120 valence electrons. The summed E-state index contributed by atoms with van der Waals surface area (Å²) in [6.07, 6.45) is 2.18. The Morgan fingerprint density at radius 3 is 2.57 bits per heavy atom. The van der Waals surface area contributed by atoms with Gasteiger partial charge >= 0.3 is 0 Å². The topological polar surface area (TPSA) is 68.6 Å². The minimum atomic E-state index is -3.85. The third-order valence-corrected chi connectivity index (χ3v) is 4.39. The molecule has 21 heavy (non-hydrogen) atoms. The van der Waals surface area contributed by atoms with E-state index in [2.05, 4.69) is 0 Å². The summed E-state index contributed by atoms with van der Waals surface area (Å²) < 4.78 is 29.5. The van der Waals surface area contributed by atoms with Gasteiger partial charge in [-0.15, -0.1) is 0 Å². The summed E-state index contributed by atoms with van der Waals surface area (Å²) in [4.78, 5) is 14.1. The fourth-order valence-corrected chi connectivity index (χ4v) is 2.75. The first-order valence-corrected chi connectivity index (χ1v) is 9.09. The summed E-state index contributed by atoms with van der Waals surface area (Å²) in [5.74, 6) is -0.227. The van der Waals surface area contributed by atoms with Gasteiger partial charge in [0.1, 0.15) is 10.6 Å². The Hall–Kier alpha value is -1.05. The lowest BCUT2D eigenvalue weighted by Crippen LogP contribution is -2.35. The highest BCUT2D eigenvalue weighted by Crippen LogP contribution is 2.20. The van der Waals surface area contributed by atoms with Crippen molar-refractivity contribution in [2.24, 2.45) is 0 Å². The Labute approximate surface area is 130 Å². The summed E-state index contributed by atoms with van der Waals surface area (Å²) in [6, 6.07) is 1.33.